The molecule has 2 nitrogen and oxygen atoms in total. The van der Waals surface area contributed by atoms with Crippen LogP contribution < -0.4 is 0 Å². The monoisotopic (exact) mass is 189 g/mol. The summed E-state index contributed by atoms with van der Waals surface area (Å²) in [5.41, 5.74) is 0.991. The second kappa shape index (κ2) is 4.75. The fourth-order valence-electron chi connectivity index (χ4n) is 0.686. The Morgan fingerprint density at radius 3 is 2.25 bits per heavy atom. The highest BCUT2D eigenvalue weighted by Crippen LogP contribution is 2.12. The first-order valence-electron chi connectivity index (χ1n) is 4.34. The predicted molar refractivity (Wildman–Crippen MR) is 55.9 cm³/mol. The highest BCUT2D eigenvalue weighted by atomic mass is 32.2. The van der Waals surface area contributed by atoms with Gasteiger partial charge in [-0.3, -0.25) is 0 Å². The van der Waals surface area contributed by atoms with Crippen LogP contribution in [-0.4, -0.2) is 14.7 Å². The van der Waals surface area contributed by atoms with Crippen molar-refractivity contribution in [1.82, 2.24) is 0 Å². The van der Waals surface area contributed by atoms with E-state index in [1.54, 1.807) is 0 Å². The van der Waals surface area contributed by atoms with Crippen molar-refractivity contribution in [2.45, 2.75) is 52.2 Å². The summed E-state index contributed by atoms with van der Waals surface area (Å²) in [6.45, 7) is 9.84. The van der Waals surface area contributed by atoms with E-state index in [2.05, 4.69) is 11.3 Å². The molecule has 0 heterocycles. The summed E-state index contributed by atoms with van der Waals surface area (Å²) in [5, 5.41) is 0. The third kappa shape index (κ3) is 4.65. The minimum absolute atomic E-state index is 0.227. The molecule has 0 aromatic carbocycles. The van der Waals surface area contributed by atoms with Gasteiger partial charge >= 0.3 is 0 Å². The Bertz CT molecular complexity index is 191. The molecule has 0 radical (unpaired) electrons. The lowest BCUT2D eigenvalue weighted by atomic mass is 10.2. The third-order valence-corrected chi connectivity index (χ3v) is 2.90. The smallest absolute Gasteiger partial charge is 0.144 e. The Labute approximate surface area is 78.1 Å². The van der Waals surface area contributed by atoms with Gasteiger partial charge in [0.15, 0.2) is 0 Å². The van der Waals surface area contributed by atoms with Crippen LogP contribution in [-0.2, 0) is 11.0 Å². The Kier molecular flexibility index (Phi) is 4.68. The van der Waals surface area contributed by atoms with Crippen LogP contribution in [0.4, 0.5) is 0 Å². The lowest BCUT2D eigenvalue weighted by Gasteiger charge is -2.13. The van der Waals surface area contributed by atoms with Crippen LogP contribution in [0, 0.1) is 0 Å². The molecule has 0 fully saturated rings. The molecule has 0 aromatic rings. The van der Waals surface area contributed by atoms with Gasteiger partial charge in [-0.05, 0) is 34.1 Å². The molecule has 1 unspecified atom stereocenters. The molecule has 0 aliphatic rings. The average molecular weight is 189 g/mol. The number of hydrogen-bond donors (Lipinski definition) is 0. The summed E-state index contributed by atoms with van der Waals surface area (Å²) < 4.78 is 15.4. The van der Waals surface area contributed by atoms with E-state index >= 15 is 0 Å². The van der Waals surface area contributed by atoms with E-state index in [1.807, 2.05) is 27.7 Å². The molecule has 72 valence electrons. The molecule has 0 amide bonds. The minimum Gasteiger partial charge on any atom is -0.234 e. The predicted octanol–water partition coefficient (Wildman–Crippen LogP) is 2.71. The highest BCUT2D eigenvalue weighted by Gasteiger charge is 2.18. The Hall–Kier alpha value is -0.180. The van der Waals surface area contributed by atoms with Crippen LogP contribution >= 0.6 is 0 Å². The molecule has 0 rings (SSSR count). The lowest BCUT2D eigenvalue weighted by Crippen LogP contribution is -2.20. The van der Waals surface area contributed by atoms with Crippen molar-refractivity contribution in [2.24, 2.45) is 4.40 Å². The van der Waals surface area contributed by atoms with E-state index < -0.39 is 11.0 Å². The Balaban J connectivity index is 4.24. The topological polar surface area (TPSA) is 29.4 Å². The lowest BCUT2D eigenvalue weighted by molar-refractivity contribution is 0.650. The molecule has 1 atom stereocenters. The van der Waals surface area contributed by atoms with E-state index in [1.165, 1.54) is 0 Å². The molecule has 0 bridgehead atoms. The molecular weight excluding hydrogens is 170 g/mol. The summed E-state index contributed by atoms with van der Waals surface area (Å²) in [6.07, 6.45) is 2.01. The van der Waals surface area contributed by atoms with Crippen LogP contribution in [0.1, 0.15) is 47.5 Å². The quantitative estimate of drug-likeness (QED) is 0.628. The van der Waals surface area contributed by atoms with Gasteiger partial charge in [-0.15, -0.1) is 0 Å². The van der Waals surface area contributed by atoms with Crippen molar-refractivity contribution in [2.75, 3.05) is 0 Å². The number of rotatable bonds is 3. The molecule has 0 saturated carbocycles. The second-order valence-electron chi connectivity index (χ2n) is 3.94. The van der Waals surface area contributed by atoms with E-state index in [0.717, 1.165) is 18.6 Å². The molecule has 0 aliphatic carbocycles. The maximum absolute atomic E-state index is 11.5. The molecular formula is C9H19NOS. The zero-order valence-corrected chi connectivity index (χ0v) is 9.49. The fraction of sp³-hybridized carbons (Fsp3) is 0.889. The zero-order valence-electron chi connectivity index (χ0n) is 8.68. The minimum atomic E-state index is -1.08. The van der Waals surface area contributed by atoms with Gasteiger partial charge in [0.05, 0.1) is 4.75 Å². The van der Waals surface area contributed by atoms with Crippen molar-refractivity contribution < 1.29 is 4.21 Å². The Morgan fingerprint density at radius 2 is 1.92 bits per heavy atom. The molecule has 0 aliphatic heterocycles. The molecule has 0 spiro atoms. The van der Waals surface area contributed by atoms with Crippen molar-refractivity contribution >= 4 is 16.7 Å². The standard InChI is InChI=1S/C9H19NOS/c1-6-7-8(2)10-12(11)9(3,4)5/h6-7H2,1-5H3. The van der Waals surface area contributed by atoms with Gasteiger partial charge in [0, 0.05) is 5.71 Å². The Morgan fingerprint density at radius 1 is 1.42 bits per heavy atom. The van der Waals surface area contributed by atoms with E-state index in [0.29, 0.717) is 0 Å². The summed E-state index contributed by atoms with van der Waals surface area (Å²) in [5.74, 6) is 0. The first-order valence-corrected chi connectivity index (χ1v) is 5.44. The summed E-state index contributed by atoms with van der Waals surface area (Å²) in [4.78, 5) is 0. The van der Waals surface area contributed by atoms with E-state index in [9.17, 15) is 4.21 Å². The van der Waals surface area contributed by atoms with Crippen LogP contribution in [0.25, 0.3) is 0 Å². The van der Waals surface area contributed by atoms with Crippen molar-refractivity contribution in [3.63, 3.8) is 0 Å². The highest BCUT2D eigenvalue weighted by molar-refractivity contribution is 7.85. The number of nitrogens with zero attached hydrogens (tertiary/aromatic N) is 1. The van der Waals surface area contributed by atoms with Crippen LogP contribution in [0.5, 0.6) is 0 Å². The van der Waals surface area contributed by atoms with Crippen LogP contribution in [0.2, 0.25) is 0 Å². The SMILES string of the molecule is CCCC(C)=NS(=O)C(C)(C)C. The maximum Gasteiger partial charge on any atom is 0.144 e. The molecule has 12 heavy (non-hydrogen) atoms. The molecule has 3 heteroatoms. The molecule has 0 saturated heterocycles. The first kappa shape index (κ1) is 11.8. The van der Waals surface area contributed by atoms with Gasteiger partial charge in [0.25, 0.3) is 0 Å². The van der Waals surface area contributed by atoms with Crippen molar-refractivity contribution in [3.8, 4) is 0 Å². The van der Waals surface area contributed by atoms with Gasteiger partial charge in [-0.25, -0.2) is 4.21 Å². The molecule has 0 N–H and O–H groups in total. The van der Waals surface area contributed by atoms with E-state index in [4.69, 9.17) is 0 Å². The second-order valence-corrected chi connectivity index (χ2v) is 5.84. The van der Waals surface area contributed by atoms with Gasteiger partial charge in [0.2, 0.25) is 0 Å². The van der Waals surface area contributed by atoms with E-state index in [-0.39, 0.29) is 4.75 Å². The summed E-state index contributed by atoms with van der Waals surface area (Å²) in [7, 11) is -1.08. The summed E-state index contributed by atoms with van der Waals surface area (Å²) >= 11 is 0. The van der Waals surface area contributed by atoms with Gasteiger partial charge < -0.3 is 0 Å². The normalized spacial score (nSPS) is 16.2. The molecule has 0 aromatic heterocycles. The van der Waals surface area contributed by atoms with Crippen molar-refractivity contribution in [3.05, 3.63) is 0 Å². The van der Waals surface area contributed by atoms with Gasteiger partial charge in [-0.1, -0.05) is 13.3 Å². The zero-order chi connectivity index (χ0) is 9.78. The first-order chi connectivity index (χ1) is 5.38. The third-order valence-electron chi connectivity index (χ3n) is 1.37. The van der Waals surface area contributed by atoms with Gasteiger partial charge in [0.1, 0.15) is 11.0 Å². The maximum atomic E-state index is 11.5. The van der Waals surface area contributed by atoms with Crippen LogP contribution in [0.3, 0.4) is 0 Å². The summed E-state index contributed by atoms with van der Waals surface area (Å²) in [6, 6.07) is 0. The largest absolute Gasteiger partial charge is 0.234 e. The van der Waals surface area contributed by atoms with Crippen LogP contribution in [0.15, 0.2) is 4.40 Å². The van der Waals surface area contributed by atoms with Crippen molar-refractivity contribution in [1.29, 1.82) is 0 Å². The fourth-order valence-corrected chi connectivity index (χ4v) is 1.33. The average Bonchev–Trinajstić information content (AvgIpc) is 1.85. The number of hydrogen-bond acceptors (Lipinski definition) is 1. The van der Waals surface area contributed by atoms with Gasteiger partial charge in [-0.2, -0.15) is 4.40 Å².